The number of fused-ring (bicyclic) bond motifs is 8. The molecule has 9 aromatic carbocycles. The number of ketones is 1. The Bertz CT molecular complexity index is 4250. The minimum Gasteiger partial charge on any atom is -0.506 e. The van der Waals surface area contributed by atoms with Crippen molar-refractivity contribution in [2.45, 2.75) is 13.0 Å². The fraction of sp³-hybridized carbons (Fsp3) is 0.0364. The number of para-hydroxylation sites is 2. The van der Waals surface area contributed by atoms with Crippen molar-refractivity contribution < 1.29 is 19.8 Å². The molecule has 16 heteroatoms. The van der Waals surface area contributed by atoms with E-state index < -0.39 is 6.10 Å². The van der Waals surface area contributed by atoms with Gasteiger partial charge in [0.1, 0.15) is 34.6 Å². The first-order valence-corrected chi connectivity index (χ1v) is 22.9. The van der Waals surface area contributed by atoms with Gasteiger partial charge in [-0.2, -0.15) is 20.5 Å². The molecule has 1 atom stereocenters. The second-order valence-electron chi connectivity index (χ2n) is 17.0. The Kier molecular flexibility index (Phi) is 10.4. The van der Waals surface area contributed by atoms with Crippen LogP contribution in [0.2, 0.25) is 10.0 Å². The number of hydrogen-bond donors (Lipinski definition) is 3. The first kappa shape index (κ1) is 43.5. The van der Waals surface area contributed by atoms with Gasteiger partial charge in [-0.3, -0.25) is 18.8 Å². The maximum absolute atomic E-state index is 13.9. The Hall–Kier alpha value is -8.79. The monoisotopic (exact) mass is 969 g/mol. The molecule has 1 unspecified atom stereocenters. The number of azo groups is 3. The van der Waals surface area contributed by atoms with Crippen molar-refractivity contribution in [1.29, 1.82) is 0 Å². The molecule has 0 saturated heterocycles. The summed E-state index contributed by atoms with van der Waals surface area (Å²) in [4.78, 5) is 37.9. The summed E-state index contributed by atoms with van der Waals surface area (Å²) in [5.41, 5.74) is 8.04. The topological polar surface area (TPSA) is 201 Å². The maximum Gasteiger partial charge on any atom is 0.264 e. The van der Waals surface area contributed by atoms with Crippen LogP contribution in [-0.2, 0) is 4.84 Å². The molecule has 71 heavy (non-hydrogen) atoms. The molecule has 0 bridgehead atoms. The highest BCUT2D eigenvalue weighted by molar-refractivity contribution is 6.42. The standard InChI is InChI=1S/C55H33Cl2N9O5/c1-27-21-30(16-20-44(27)63-65-50-33-8-3-2-7-28(33)22-41(52(50)69)53(71-58)29-13-19-42(56)43(57)23-29)60-61-31-14-17-34-35-18-15-32(25-39(35)51(68)38(34)24-31)62-64-49-36-9-6-10-37-48(36)40(26-47(49)67)55(70)66-46-12-5-4-11-45(46)59-54(37)66/h2-26,53,67,69H,58H2,1H3. The fourth-order valence-corrected chi connectivity index (χ4v) is 9.72. The summed E-state index contributed by atoms with van der Waals surface area (Å²) in [5, 5.41) is 54.2. The van der Waals surface area contributed by atoms with Gasteiger partial charge in [0.05, 0.1) is 49.2 Å². The number of phenols is 2. The van der Waals surface area contributed by atoms with Crippen molar-refractivity contribution in [3.63, 3.8) is 0 Å². The number of phenolic OH excluding ortho intramolecular Hbond substituents is 2. The number of aromatic nitrogens is 2. The highest BCUT2D eigenvalue weighted by atomic mass is 35.5. The zero-order chi connectivity index (χ0) is 48.7. The minimum absolute atomic E-state index is 0.163. The summed E-state index contributed by atoms with van der Waals surface area (Å²) < 4.78 is 1.57. The Balaban J connectivity index is 0.787. The molecule has 0 spiro atoms. The number of rotatable bonds is 9. The third-order valence-electron chi connectivity index (χ3n) is 12.8. The van der Waals surface area contributed by atoms with Crippen LogP contribution in [0.3, 0.4) is 0 Å². The van der Waals surface area contributed by atoms with Crippen LogP contribution in [-0.4, -0.2) is 25.4 Å². The van der Waals surface area contributed by atoms with Crippen LogP contribution in [0.5, 0.6) is 11.5 Å². The van der Waals surface area contributed by atoms with E-state index in [0.29, 0.717) is 93.3 Å². The van der Waals surface area contributed by atoms with Gasteiger partial charge in [-0.1, -0.05) is 96.0 Å². The number of aryl methyl sites for hydroxylation is 1. The van der Waals surface area contributed by atoms with Crippen molar-refractivity contribution in [1.82, 2.24) is 9.38 Å². The van der Waals surface area contributed by atoms with Crippen LogP contribution in [0.1, 0.15) is 38.7 Å². The van der Waals surface area contributed by atoms with Gasteiger partial charge in [-0.05, 0) is 113 Å². The van der Waals surface area contributed by atoms with Gasteiger partial charge in [0.15, 0.2) is 5.78 Å². The highest BCUT2D eigenvalue weighted by Gasteiger charge is 2.28. The lowest BCUT2D eigenvalue weighted by Gasteiger charge is -2.19. The summed E-state index contributed by atoms with van der Waals surface area (Å²) >= 11 is 12.5. The van der Waals surface area contributed by atoms with Crippen molar-refractivity contribution >= 4 is 112 Å². The molecule has 0 aliphatic heterocycles. The number of benzene rings is 9. The van der Waals surface area contributed by atoms with Crippen LogP contribution in [0.15, 0.2) is 187 Å². The predicted octanol–water partition coefficient (Wildman–Crippen LogP) is 15.2. The zero-order valence-electron chi connectivity index (χ0n) is 37.0. The van der Waals surface area contributed by atoms with Crippen molar-refractivity contribution in [3.05, 3.63) is 200 Å². The zero-order valence-corrected chi connectivity index (χ0v) is 38.6. The second kappa shape index (κ2) is 17.0. The number of carbonyl (C=O) groups excluding carboxylic acids is 1. The van der Waals surface area contributed by atoms with Gasteiger partial charge >= 0.3 is 0 Å². The summed E-state index contributed by atoms with van der Waals surface area (Å²) in [5.74, 6) is 5.20. The van der Waals surface area contributed by atoms with Crippen LogP contribution in [0.4, 0.5) is 34.1 Å². The van der Waals surface area contributed by atoms with Gasteiger partial charge in [0.2, 0.25) is 0 Å². The average molecular weight is 971 g/mol. The number of carbonyl (C=O) groups is 1. The smallest absolute Gasteiger partial charge is 0.264 e. The SMILES string of the molecule is Cc1cc(N=Nc2ccc3c(c2)C(=O)c2cc(N=Nc4c(O)cc5c(=O)n6c7ccccc7nc6c6cccc4c56)ccc2-3)ccc1N=Nc1c(O)c(C(ON)c2ccc(Cl)c(Cl)c2)cc2ccccc12. The Labute approximate surface area is 411 Å². The van der Waals surface area contributed by atoms with E-state index in [1.54, 1.807) is 77.2 Å². The average Bonchev–Trinajstić information content (AvgIpc) is 3.91. The molecule has 12 rings (SSSR count). The van der Waals surface area contributed by atoms with E-state index in [9.17, 15) is 19.8 Å². The van der Waals surface area contributed by atoms with Gasteiger partial charge in [0.25, 0.3) is 5.56 Å². The molecule has 0 saturated carbocycles. The summed E-state index contributed by atoms with van der Waals surface area (Å²) in [6.07, 6.45) is -0.892. The van der Waals surface area contributed by atoms with E-state index >= 15 is 0 Å². The lowest BCUT2D eigenvalue weighted by molar-refractivity contribution is 0.0797. The Morgan fingerprint density at radius 3 is 2.01 bits per heavy atom. The van der Waals surface area contributed by atoms with Crippen LogP contribution < -0.4 is 11.5 Å². The number of hydrogen-bond acceptors (Lipinski definition) is 13. The molecule has 2 heterocycles. The summed E-state index contributed by atoms with van der Waals surface area (Å²) in [6.45, 7) is 1.86. The van der Waals surface area contributed by atoms with E-state index in [4.69, 9.17) is 38.9 Å². The number of pyridine rings is 1. The molecule has 0 fully saturated rings. The second-order valence-corrected chi connectivity index (χ2v) is 17.8. The molecule has 0 radical (unpaired) electrons. The number of nitrogens with zero attached hydrogens (tertiary/aromatic N) is 8. The first-order valence-electron chi connectivity index (χ1n) is 22.1. The van der Waals surface area contributed by atoms with E-state index in [1.165, 1.54) is 6.07 Å². The van der Waals surface area contributed by atoms with Crippen LogP contribution in [0.25, 0.3) is 60.1 Å². The normalized spacial score (nSPS) is 13.1. The van der Waals surface area contributed by atoms with E-state index in [2.05, 4.69) is 30.7 Å². The van der Waals surface area contributed by atoms with Crippen molar-refractivity contribution in [2.75, 3.05) is 0 Å². The number of nitrogens with two attached hydrogens (primary N) is 1. The number of imidazole rings is 1. The molecule has 0 amide bonds. The first-order chi connectivity index (χ1) is 34.5. The predicted molar refractivity (Wildman–Crippen MR) is 275 cm³/mol. The Morgan fingerprint density at radius 1 is 0.606 bits per heavy atom. The lowest BCUT2D eigenvalue weighted by atomic mass is 9.96. The lowest BCUT2D eigenvalue weighted by Crippen LogP contribution is -2.13. The maximum atomic E-state index is 13.9. The van der Waals surface area contributed by atoms with E-state index in [1.807, 2.05) is 79.7 Å². The number of halogens is 2. The van der Waals surface area contributed by atoms with Gasteiger partial charge in [-0.25, -0.2) is 10.9 Å². The van der Waals surface area contributed by atoms with Gasteiger partial charge < -0.3 is 10.2 Å². The molecule has 4 N–H and O–H groups in total. The highest BCUT2D eigenvalue weighted by Crippen LogP contribution is 2.46. The molecular formula is C55H33Cl2N9O5. The molecule has 342 valence electrons. The molecule has 1 aliphatic rings. The third-order valence-corrected chi connectivity index (χ3v) is 13.5. The minimum atomic E-state index is -0.892. The fourth-order valence-electron chi connectivity index (χ4n) is 9.42. The summed E-state index contributed by atoms with van der Waals surface area (Å²) in [7, 11) is 0. The molecular weight excluding hydrogens is 938 g/mol. The van der Waals surface area contributed by atoms with Crippen molar-refractivity contribution in [3.8, 4) is 22.6 Å². The molecule has 2 aromatic heterocycles. The van der Waals surface area contributed by atoms with Gasteiger partial charge in [0, 0.05) is 38.2 Å². The van der Waals surface area contributed by atoms with Crippen LogP contribution in [0, 0.1) is 6.92 Å². The largest absolute Gasteiger partial charge is 0.506 e. The number of aromatic hydroxyl groups is 2. The Morgan fingerprint density at radius 2 is 1.27 bits per heavy atom. The molecule has 11 aromatic rings. The molecule has 1 aliphatic carbocycles. The van der Waals surface area contributed by atoms with Gasteiger partial charge in [-0.15, -0.1) is 10.2 Å². The van der Waals surface area contributed by atoms with Crippen molar-refractivity contribution in [2.24, 2.45) is 36.6 Å². The van der Waals surface area contributed by atoms with E-state index in [0.717, 1.165) is 27.5 Å². The van der Waals surface area contributed by atoms with Crippen LogP contribution >= 0.6 is 23.2 Å². The quantitative estimate of drug-likeness (QED) is 0.0943. The van der Waals surface area contributed by atoms with E-state index in [-0.39, 0.29) is 34.2 Å². The third kappa shape index (κ3) is 7.24. The summed E-state index contributed by atoms with van der Waals surface area (Å²) in [6, 6.07) is 44.5. The molecule has 14 nitrogen and oxygen atoms in total.